The fraction of sp³-hybridized carbons (Fsp3) is 0.100. The summed E-state index contributed by atoms with van der Waals surface area (Å²) in [5, 5.41) is 3.96. The number of nitrogens with one attached hydrogen (secondary N) is 1. The molecule has 0 atom stereocenters. The molecule has 1 aliphatic rings. The van der Waals surface area contributed by atoms with Crippen LogP contribution in [-0.4, -0.2) is 5.90 Å². The second-order valence-corrected chi connectivity index (χ2v) is 2.92. The molecule has 0 bridgehead atoms. The molecule has 1 N–H and O–H groups in total. The van der Waals surface area contributed by atoms with Gasteiger partial charge < -0.3 is 4.74 Å². The van der Waals surface area contributed by atoms with Crippen molar-refractivity contribution in [2.24, 2.45) is 5.10 Å². The first-order valence-corrected chi connectivity index (χ1v) is 4.03. The van der Waals surface area contributed by atoms with Gasteiger partial charge in [0.15, 0.2) is 0 Å². The third-order valence-electron chi connectivity index (χ3n) is 1.80. The molecule has 0 spiro atoms. The Morgan fingerprint density at radius 1 is 1.31 bits per heavy atom. The summed E-state index contributed by atoms with van der Waals surface area (Å²) in [6.45, 7) is 5.64. The van der Waals surface area contributed by atoms with Crippen LogP contribution in [0.4, 0.5) is 0 Å². The van der Waals surface area contributed by atoms with E-state index in [1.165, 1.54) is 5.56 Å². The maximum atomic E-state index is 5.23. The van der Waals surface area contributed by atoms with Gasteiger partial charge in [0.05, 0.1) is 0 Å². The lowest BCUT2D eigenvalue weighted by atomic mass is 10.1. The molecule has 0 radical (unpaired) electrons. The summed E-state index contributed by atoms with van der Waals surface area (Å²) < 4.78 is 5.23. The SMILES string of the molecule is C=C1NN=C(c2ccc(C)cc2)O1. The normalized spacial score (nSPS) is 14.8. The van der Waals surface area contributed by atoms with Crippen molar-refractivity contribution >= 4 is 5.90 Å². The van der Waals surface area contributed by atoms with Crippen molar-refractivity contribution in [3.63, 3.8) is 0 Å². The summed E-state index contributed by atoms with van der Waals surface area (Å²) in [6.07, 6.45) is 0. The van der Waals surface area contributed by atoms with E-state index in [-0.39, 0.29) is 0 Å². The number of benzene rings is 1. The van der Waals surface area contributed by atoms with Gasteiger partial charge in [0, 0.05) is 5.56 Å². The highest BCUT2D eigenvalue weighted by Gasteiger charge is 2.12. The molecule has 0 amide bonds. The molecule has 0 unspecified atom stereocenters. The van der Waals surface area contributed by atoms with E-state index in [9.17, 15) is 0 Å². The molecule has 13 heavy (non-hydrogen) atoms. The monoisotopic (exact) mass is 174 g/mol. The number of hydrazone groups is 1. The Balaban J connectivity index is 2.27. The number of rotatable bonds is 1. The van der Waals surface area contributed by atoms with Crippen LogP contribution >= 0.6 is 0 Å². The summed E-state index contributed by atoms with van der Waals surface area (Å²) in [6, 6.07) is 7.97. The number of nitrogens with zero attached hydrogens (tertiary/aromatic N) is 1. The van der Waals surface area contributed by atoms with E-state index in [1.54, 1.807) is 0 Å². The minimum absolute atomic E-state index is 0.468. The van der Waals surface area contributed by atoms with Crippen molar-refractivity contribution < 1.29 is 4.74 Å². The van der Waals surface area contributed by atoms with Crippen molar-refractivity contribution in [1.82, 2.24) is 5.43 Å². The van der Waals surface area contributed by atoms with E-state index in [0.29, 0.717) is 11.8 Å². The van der Waals surface area contributed by atoms with Crippen molar-refractivity contribution in [3.8, 4) is 0 Å². The Hall–Kier alpha value is -1.77. The van der Waals surface area contributed by atoms with E-state index in [2.05, 4.69) is 17.1 Å². The molecule has 0 saturated heterocycles. The number of hydrogen-bond donors (Lipinski definition) is 1. The highest BCUT2D eigenvalue weighted by atomic mass is 16.5. The van der Waals surface area contributed by atoms with Gasteiger partial charge in [-0.2, -0.15) is 0 Å². The third kappa shape index (κ3) is 1.54. The minimum atomic E-state index is 0.468. The summed E-state index contributed by atoms with van der Waals surface area (Å²) in [5.41, 5.74) is 4.83. The Morgan fingerprint density at radius 2 is 2.00 bits per heavy atom. The van der Waals surface area contributed by atoms with Crippen LogP contribution in [-0.2, 0) is 4.74 Å². The Bertz CT molecular complexity index is 365. The smallest absolute Gasteiger partial charge is 0.245 e. The summed E-state index contributed by atoms with van der Waals surface area (Å²) in [5.74, 6) is 1.04. The summed E-state index contributed by atoms with van der Waals surface area (Å²) in [4.78, 5) is 0. The average Bonchev–Trinajstić information content (AvgIpc) is 2.53. The lowest BCUT2D eigenvalue weighted by Crippen LogP contribution is -1.99. The van der Waals surface area contributed by atoms with Crippen molar-refractivity contribution in [3.05, 3.63) is 47.9 Å². The highest BCUT2D eigenvalue weighted by Crippen LogP contribution is 2.10. The van der Waals surface area contributed by atoms with Gasteiger partial charge >= 0.3 is 0 Å². The lowest BCUT2D eigenvalue weighted by molar-refractivity contribution is 0.420. The lowest BCUT2D eigenvalue weighted by Gasteiger charge is -1.99. The number of aryl methyl sites for hydroxylation is 1. The molecule has 1 aromatic carbocycles. The van der Waals surface area contributed by atoms with E-state index >= 15 is 0 Å². The van der Waals surface area contributed by atoms with Crippen LogP contribution in [0.5, 0.6) is 0 Å². The Labute approximate surface area is 76.7 Å². The number of hydrogen-bond acceptors (Lipinski definition) is 3. The molecule has 1 aromatic rings. The van der Waals surface area contributed by atoms with Crippen LogP contribution in [0.25, 0.3) is 0 Å². The molecule has 0 fully saturated rings. The molecular formula is C10H10N2O. The Kier molecular flexibility index (Phi) is 1.77. The molecular weight excluding hydrogens is 164 g/mol. The second kappa shape index (κ2) is 2.94. The van der Waals surface area contributed by atoms with Gasteiger partial charge in [-0.15, -0.1) is 5.10 Å². The van der Waals surface area contributed by atoms with Crippen molar-refractivity contribution in [1.29, 1.82) is 0 Å². The molecule has 66 valence electrons. The van der Waals surface area contributed by atoms with Crippen molar-refractivity contribution in [2.75, 3.05) is 0 Å². The molecule has 1 heterocycles. The predicted molar refractivity (Wildman–Crippen MR) is 51.1 cm³/mol. The molecule has 0 aromatic heterocycles. The zero-order valence-electron chi connectivity index (χ0n) is 7.37. The maximum Gasteiger partial charge on any atom is 0.245 e. The highest BCUT2D eigenvalue weighted by molar-refractivity contribution is 5.95. The largest absolute Gasteiger partial charge is 0.420 e. The van der Waals surface area contributed by atoms with Crippen LogP contribution in [0, 0.1) is 6.92 Å². The van der Waals surface area contributed by atoms with E-state index in [4.69, 9.17) is 4.74 Å². The molecule has 0 saturated carbocycles. The van der Waals surface area contributed by atoms with E-state index in [1.807, 2.05) is 31.2 Å². The second-order valence-electron chi connectivity index (χ2n) is 2.92. The van der Waals surface area contributed by atoms with Gasteiger partial charge in [-0.1, -0.05) is 17.7 Å². The van der Waals surface area contributed by atoms with Crippen LogP contribution in [0.15, 0.2) is 41.8 Å². The fourth-order valence-electron chi connectivity index (χ4n) is 1.10. The van der Waals surface area contributed by atoms with Gasteiger partial charge in [0.25, 0.3) is 0 Å². The predicted octanol–water partition coefficient (Wildman–Crippen LogP) is 1.75. The first-order chi connectivity index (χ1) is 6.25. The van der Waals surface area contributed by atoms with Gasteiger partial charge in [-0.05, 0) is 25.6 Å². The quantitative estimate of drug-likeness (QED) is 0.703. The number of ether oxygens (including phenoxy) is 1. The first-order valence-electron chi connectivity index (χ1n) is 4.03. The standard InChI is InChI=1S/C10H10N2O/c1-7-3-5-9(6-4-7)10-12-11-8(2)13-10/h3-6,11H,2H2,1H3. The van der Waals surface area contributed by atoms with Crippen LogP contribution < -0.4 is 5.43 Å². The molecule has 2 rings (SSSR count). The summed E-state index contributed by atoms with van der Waals surface area (Å²) >= 11 is 0. The van der Waals surface area contributed by atoms with E-state index < -0.39 is 0 Å². The molecule has 1 aliphatic heterocycles. The Morgan fingerprint density at radius 3 is 2.54 bits per heavy atom. The van der Waals surface area contributed by atoms with Gasteiger partial charge in [-0.25, -0.2) is 5.43 Å². The molecule has 3 nitrogen and oxygen atoms in total. The topological polar surface area (TPSA) is 33.6 Å². The minimum Gasteiger partial charge on any atom is -0.420 e. The third-order valence-corrected chi connectivity index (χ3v) is 1.80. The van der Waals surface area contributed by atoms with E-state index in [0.717, 1.165) is 5.56 Å². The molecule has 0 aliphatic carbocycles. The van der Waals surface area contributed by atoms with Gasteiger partial charge in [0.1, 0.15) is 0 Å². The zero-order valence-corrected chi connectivity index (χ0v) is 7.37. The van der Waals surface area contributed by atoms with Crippen LogP contribution in [0.3, 0.4) is 0 Å². The fourth-order valence-corrected chi connectivity index (χ4v) is 1.10. The maximum absolute atomic E-state index is 5.23. The van der Waals surface area contributed by atoms with Crippen molar-refractivity contribution in [2.45, 2.75) is 6.92 Å². The van der Waals surface area contributed by atoms with Crippen LogP contribution in [0.1, 0.15) is 11.1 Å². The van der Waals surface area contributed by atoms with Gasteiger partial charge in [-0.3, -0.25) is 0 Å². The average molecular weight is 174 g/mol. The van der Waals surface area contributed by atoms with Crippen LogP contribution in [0.2, 0.25) is 0 Å². The first kappa shape index (κ1) is 7.86. The van der Waals surface area contributed by atoms with Gasteiger partial charge in [0.2, 0.25) is 11.8 Å². The molecule has 3 heteroatoms. The zero-order chi connectivity index (χ0) is 9.26. The summed E-state index contributed by atoms with van der Waals surface area (Å²) in [7, 11) is 0.